The van der Waals surface area contributed by atoms with Gasteiger partial charge in [0.05, 0.1) is 33.8 Å². The molecule has 34 heavy (non-hydrogen) atoms. The summed E-state index contributed by atoms with van der Waals surface area (Å²) < 4.78 is 5.53. The monoisotopic (exact) mass is 498 g/mol. The van der Waals surface area contributed by atoms with Gasteiger partial charge in [-0.2, -0.15) is 0 Å². The first kappa shape index (κ1) is 23.8. The number of hydrogen-bond acceptors (Lipinski definition) is 7. The summed E-state index contributed by atoms with van der Waals surface area (Å²) in [5, 5.41) is 22.3. The van der Waals surface area contributed by atoms with Crippen molar-refractivity contribution in [2.75, 3.05) is 11.5 Å². The number of aliphatic hydroxyl groups is 1. The summed E-state index contributed by atoms with van der Waals surface area (Å²) >= 11 is 7.54. The summed E-state index contributed by atoms with van der Waals surface area (Å²) in [5.74, 6) is -1.70. The van der Waals surface area contributed by atoms with Crippen LogP contribution in [0, 0.1) is 20.8 Å². The molecule has 2 N–H and O–H groups in total. The van der Waals surface area contributed by atoms with Crippen LogP contribution in [-0.4, -0.2) is 33.5 Å². The van der Waals surface area contributed by atoms with Crippen LogP contribution in [0.3, 0.4) is 0 Å². The maximum atomic E-state index is 13.7. The van der Waals surface area contributed by atoms with Gasteiger partial charge in [-0.1, -0.05) is 23.7 Å². The van der Waals surface area contributed by atoms with Crippen molar-refractivity contribution in [2.24, 2.45) is 0 Å². The normalized spacial score (nSPS) is 15.9. The Balaban J connectivity index is 1.95. The molecule has 0 bridgehead atoms. The van der Waals surface area contributed by atoms with Gasteiger partial charge in [-0.25, -0.2) is 4.98 Å². The number of phenolic OH excluding ortho intramolecular Hbond substituents is 1. The number of aromatic nitrogens is 1. The number of thiazole rings is 1. The van der Waals surface area contributed by atoms with Crippen molar-refractivity contribution in [3.8, 4) is 11.5 Å². The SMILES string of the molecule is CCOc1cc(C2C(C(=O)c3sc(C)nc3C)=C(O)C(=O)N2c2cccc(Cl)c2C)ccc1O. The number of carbonyl (C=O) groups excluding carboxylic acids is 2. The number of Topliss-reactive ketones (excluding diaryl/α,β-unsaturated/α-hetero) is 1. The second kappa shape index (κ2) is 9.12. The Labute approximate surface area is 205 Å². The second-order valence-electron chi connectivity index (χ2n) is 7.86. The third kappa shape index (κ3) is 3.93. The Bertz CT molecular complexity index is 1350. The van der Waals surface area contributed by atoms with Crippen molar-refractivity contribution < 1.29 is 24.5 Å². The molecule has 0 saturated heterocycles. The van der Waals surface area contributed by atoms with Gasteiger partial charge in [0, 0.05) is 10.7 Å². The van der Waals surface area contributed by atoms with Gasteiger partial charge in [0.15, 0.2) is 17.3 Å². The van der Waals surface area contributed by atoms with Gasteiger partial charge in [-0.15, -0.1) is 11.3 Å². The number of ketones is 1. The van der Waals surface area contributed by atoms with Gasteiger partial charge in [0.1, 0.15) is 0 Å². The molecule has 0 fully saturated rings. The van der Waals surface area contributed by atoms with E-state index in [1.165, 1.54) is 22.3 Å². The van der Waals surface area contributed by atoms with Crippen LogP contribution >= 0.6 is 22.9 Å². The number of phenols is 1. The quantitative estimate of drug-likeness (QED) is 0.428. The van der Waals surface area contributed by atoms with Crippen LogP contribution in [0.1, 0.15) is 44.5 Å². The van der Waals surface area contributed by atoms with Crippen molar-refractivity contribution in [3.05, 3.63) is 79.5 Å². The van der Waals surface area contributed by atoms with Crippen molar-refractivity contribution in [3.63, 3.8) is 0 Å². The fraction of sp³-hybridized carbons (Fsp3) is 0.240. The van der Waals surface area contributed by atoms with E-state index in [1.807, 2.05) is 0 Å². The first-order chi connectivity index (χ1) is 16.1. The highest BCUT2D eigenvalue weighted by molar-refractivity contribution is 7.14. The number of benzene rings is 2. The predicted octanol–water partition coefficient (Wildman–Crippen LogP) is 5.61. The van der Waals surface area contributed by atoms with E-state index < -0.39 is 23.5 Å². The lowest BCUT2D eigenvalue weighted by Gasteiger charge is -2.28. The lowest BCUT2D eigenvalue weighted by molar-refractivity contribution is -0.117. The van der Waals surface area contributed by atoms with Crippen LogP contribution in [0.5, 0.6) is 11.5 Å². The van der Waals surface area contributed by atoms with E-state index in [-0.39, 0.29) is 17.1 Å². The Morgan fingerprint density at radius 2 is 1.94 bits per heavy atom. The zero-order valence-electron chi connectivity index (χ0n) is 19.0. The minimum absolute atomic E-state index is 0.0655. The zero-order valence-corrected chi connectivity index (χ0v) is 20.6. The van der Waals surface area contributed by atoms with Gasteiger partial charge in [-0.05, 0) is 63.1 Å². The molecule has 2 aromatic carbocycles. The van der Waals surface area contributed by atoms with Gasteiger partial charge in [-0.3, -0.25) is 14.5 Å². The minimum Gasteiger partial charge on any atom is -0.504 e. The standard InChI is InChI=1S/C25H23ClN2O5S/c1-5-33-19-11-15(9-10-18(19)29)21-20(22(30)24-13(3)27-14(4)34-24)23(31)25(32)28(21)17-8-6-7-16(26)12(17)2/h6-11,21,29,31H,5H2,1-4H3. The number of nitrogens with zero attached hydrogens (tertiary/aromatic N) is 2. The maximum absolute atomic E-state index is 13.7. The van der Waals surface area contributed by atoms with Crippen LogP contribution in [0.2, 0.25) is 5.02 Å². The second-order valence-corrected chi connectivity index (χ2v) is 9.47. The lowest BCUT2D eigenvalue weighted by Crippen LogP contribution is -2.31. The number of hydrogen-bond donors (Lipinski definition) is 2. The van der Waals surface area contributed by atoms with E-state index >= 15 is 0 Å². The number of aliphatic hydroxyl groups excluding tert-OH is 1. The third-order valence-corrected chi connectivity index (χ3v) is 7.14. The van der Waals surface area contributed by atoms with Crippen molar-refractivity contribution in [1.82, 2.24) is 4.98 Å². The number of aryl methyl sites for hydroxylation is 2. The van der Waals surface area contributed by atoms with Gasteiger partial charge >= 0.3 is 0 Å². The highest BCUT2D eigenvalue weighted by Gasteiger charge is 2.46. The van der Waals surface area contributed by atoms with E-state index in [2.05, 4.69) is 4.98 Å². The lowest BCUT2D eigenvalue weighted by atomic mass is 9.94. The number of amides is 1. The number of anilines is 1. The molecular formula is C25H23ClN2O5S. The molecule has 0 aliphatic carbocycles. The predicted molar refractivity (Wildman–Crippen MR) is 131 cm³/mol. The van der Waals surface area contributed by atoms with Crippen LogP contribution < -0.4 is 9.64 Å². The van der Waals surface area contributed by atoms with E-state index in [0.29, 0.717) is 44.0 Å². The largest absolute Gasteiger partial charge is 0.504 e. The minimum atomic E-state index is -0.973. The van der Waals surface area contributed by atoms with Gasteiger partial charge in [0.25, 0.3) is 5.91 Å². The van der Waals surface area contributed by atoms with E-state index in [4.69, 9.17) is 16.3 Å². The van der Waals surface area contributed by atoms with E-state index in [1.54, 1.807) is 58.0 Å². The van der Waals surface area contributed by atoms with E-state index in [9.17, 15) is 19.8 Å². The number of carbonyl (C=O) groups is 2. The molecule has 9 heteroatoms. The van der Waals surface area contributed by atoms with Crippen molar-refractivity contribution in [2.45, 2.75) is 33.7 Å². The van der Waals surface area contributed by atoms with E-state index in [0.717, 1.165) is 0 Å². The molecule has 176 valence electrons. The Hall–Kier alpha value is -3.36. The topological polar surface area (TPSA) is 100.0 Å². The maximum Gasteiger partial charge on any atom is 0.294 e. The molecule has 1 unspecified atom stereocenters. The number of halogens is 1. The molecule has 3 aromatic rings. The molecule has 1 aromatic heterocycles. The fourth-order valence-corrected chi connectivity index (χ4v) is 5.14. The summed E-state index contributed by atoms with van der Waals surface area (Å²) in [7, 11) is 0. The molecule has 0 radical (unpaired) electrons. The zero-order chi connectivity index (χ0) is 24.7. The summed E-state index contributed by atoms with van der Waals surface area (Å²) in [6.45, 7) is 7.35. The van der Waals surface area contributed by atoms with Crippen LogP contribution in [0.4, 0.5) is 5.69 Å². The number of rotatable bonds is 6. The number of aromatic hydroxyl groups is 1. The van der Waals surface area contributed by atoms with Crippen LogP contribution in [0.25, 0.3) is 0 Å². The highest BCUT2D eigenvalue weighted by atomic mass is 35.5. The summed E-state index contributed by atoms with van der Waals surface area (Å²) in [5.41, 5.74) is 2.03. The average molecular weight is 499 g/mol. The molecule has 1 atom stereocenters. The first-order valence-corrected chi connectivity index (χ1v) is 11.8. The first-order valence-electron chi connectivity index (χ1n) is 10.6. The summed E-state index contributed by atoms with van der Waals surface area (Å²) in [6, 6.07) is 8.74. The molecule has 7 nitrogen and oxygen atoms in total. The number of ether oxygens (including phenoxy) is 1. The van der Waals surface area contributed by atoms with Crippen molar-refractivity contribution in [1.29, 1.82) is 0 Å². The smallest absolute Gasteiger partial charge is 0.294 e. The molecule has 1 aliphatic rings. The molecule has 2 heterocycles. The van der Waals surface area contributed by atoms with Gasteiger partial charge in [0.2, 0.25) is 5.78 Å². The molecular weight excluding hydrogens is 476 g/mol. The Kier molecular flexibility index (Phi) is 6.38. The average Bonchev–Trinajstić information content (AvgIpc) is 3.27. The summed E-state index contributed by atoms with van der Waals surface area (Å²) in [6.07, 6.45) is 0. The Morgan fingerprint density at radius 1 is 1.21 bits per heavy atom. The highest BCUT2D eigenvalue weighted by Crippen LogP contribution is 2.45. The Morgan fingerprint density at radius 3 is 2.59 bits per heavy atom. The van der Waals surface area contributed by atoms with Crippen LogP contribution in [0.15, 0.2) is 47.7 Å². The van der Waals surface area contributed by atoms with Crippen LogP contribution in [-0.2, 0) is 4.79 Å². The molecule has 0 saturated carbocycles. The third-order valence-electron chi connectivity index (χ3n) is 5.66. The molecule has 1 aliphatic heterocycles. The molecule has 0 spiro atoms. The van der Waals surface area contributed by atoms with Gasteiger partial charge < -0.3 is 14.9 Å². The van der Waals surface area contributed by atoms with Crippen molar-refractivity contribution >= 4 is 40.3 Å². The molecule has 4 rings (SSSR count). The fourth-order valence-electron chi connectivity index (χ4n) is 4.09. The molecule has 1 amide bonds. The summed E-state index contributed by atoms with van der Waals surface area (Å²) in [4.78, 5) is 33.1.